The summed E-state index contributed by atoms with van der Waals surface area (Å²) >= 11 is 0. The van der Waals surface area contributed by atoms with Gasteiger partial charge in [-0.15, -0.1) is 0 Å². The van der Waals surface area contributed by atoms with Crippen molar-refractivity contribution in [2.45, 2.75) is 45.4 Å². The van der Waals surface area contributed by atoms with E-state index in [1.807, 2.05) is 24.8 Å². The molecule has 0 radical (unpaired) electrons. The minimum atomic E-state index is -3.52. The van der Waals surface area contributed by atoms with Crippen molar-refractivity contribution in [3.63, 3.8) is 0 Å². The van der Waals surface area contributed by atoms with Gasteiger partial charge >= 0.3 is 0 Å². The van der Waals surface area contributed by atoms with E-state index in [1.165, 1.54) is 16.8 Å². The van der Waals surface area contributed by atoms with Crippen molar-refractivity contribution < 1.29 is 13.2 Å². The normalized spacial score (nSPS) is 18.5. The molecule has 1 amide bonds. The number of aryl methyl sites for hydroxylation is 3. The highest BCUT2D eigenvalue weighted by molar-refractivity contribution is 7.89. The fourth-order valence-electron chi connectivity index (χ4n) is 4.87. The van der Waals surface area contributed by atoms with E-state index in [-0.39, 0.29) is 11.8 Å². The maximum atomic E-state index is 13.2. The predicted octanol–water partition coefficient (Wildman–Crippen LogP) is 3.67. The molecule has 2 heterocycles. The molecule has 0 spiro atoms. The van der Waals surface area contributed by atoms with Crippen LogP contribution in [0.2, 0.25) is 0 Å². The first-order valence-electron chi connectivity index (χ1n) is 11.9. The molecule has 0 unspecified atom stereocenters. The van der Waals surface area contributed by atoms with Crippen molar-refractivity contribution in [1.29, 1.82) is 0 Å². The Morgan fingerprint density at radius 3 is 2.12 bits per heavy atom. The van der Waals surface area contributed by atoms with Crippen molar-refractivity contribution in [2.24, 2.45) is 5.92 Å². The van der Waals surface area contributed by atoms with Crippen molar-refractivity contribution in [1.82, 2.24) is 9.21 Å². The monoisotopic (exact) mass is 469 g/mol. The number of amides is 1. The summed E-state index contributed by atoms with van der Waals surface area (Å²) in [5.74, 6) is 0.0855. The Kier molecular flexibility index (Phi) is 6.82. The molecular weight excluding hydrogens is 434 g/mol. The Labute approximate surface area is 198 Å². The maximum Gasteiger partial charge on any atom is 0.243 e. The summed E-state index contributed by atoms with van der Waals surface area (Å²) in [4.78, 5) is 17.8. The van der Waals surface area contributed by atoms with Crippen LogP contribution >= 0.6 is 0 Å². The molecule has 0 bridgehead atoms. The molecule has 0 atom stereocenters. The Morgan fingerprint density at radius 1 is 0.818 bits per heavy atom. The number of anilines is 1. The second-order valence-electron chi connectivity index (χ2n) is 9.46. The van der Waals surface area contributed by atoms with Crippen LogP contribution in [0.4, 0.5) is 5.69 Å². The van der Waals surface area contributed by atoms with Gasteiger partial charge in [-0.3, -0.25) is 4.79 Å². The second-order valence-corrected chi connectivity index (χ2v) is 11.4. The largest absolute Gasteiger partial charge is 0.368 e. The van der Waals surface area contributed by atoms with E-state index in [0.29, 0.717) is 43.9 Å². The number of nitrogens with zero attached hydrogens (tertiary/aromatic N) is 3. The topological polar surface area (TPSA) is 60.9 Å². The minimum absolute atomic E-state index is 0.0940. The molecule has 33 heavy (non-hydrogen) atoms. The lowest BCUT2D eigenvalue weighted by atomic mass is 9.96. The Bertz CT molecular complexity index is 1130. The Hall–Kier alpha value is -2.38. The number of carbonyl (C=O) groups excluding carboxylic acids is 1. The fraction of sp³-hybridized carbons (Fsp3) is 0.500. The average molecular weight is 470 g/mol. The number of piperidine rings is 1. The number of hydrogen-bond donors (Lipinski definition) is 0. The molecule has 2 saturated heterocycles. The summed E-state index contributed by atoms with van der Waals surface area (Å²) in [6, 6.07) is 11.7. The van der Waals surface area contributed by atoms with E-state index in [4.69, 9.17) is 0 Å². The maximum absolute atomic E-state index is 13.2. The van der Waals surface area contributed by atoms with Crippen LogP contribution in [0.15, 0.2) is 41.3 Å². The first kappa shape index (κ1) is 23.8. The van der Waals surface area contributed by atoms with Crippen LogP contribution in [0.1, 0.15) is 35.1 Å². The molecule has 2 fully saturated rings. The SMILES string of the molecule is Cc1ccc(S(=O)(=O)N2CCC(C(=O)N3CCN(c4cccc(C)c4C)CC3)CC2)cc1C. The van der Waals surface area contributed by atoms with Crippen molar-refractivity contribution in [3.8, 4) is 0 Å². The van der Waals surface area contributed by atoms with Gasteiger partial charge in [0.15, 0.2) is 0 Å². The minimum Gasteiger partial charge on any atom is -0.368 e. The van der Waals surface area contributed by atoms with Gasteiger partial charge in [0.05, 0.1) is 4.90 Å². The zero-order chi connectivity index (χ0) is 23.8. The van der Waals surface area contributed by atoms with Crippen LogP contribution in [0.25, 0.3) is 0 Å². The quantitative estimate of drug-likeness (QED) is 0.686. The third kappa shape index (κ3) is 4.80. The van der Waals surface area contributed by atoms with Gasteiger partial charge in [0.25, 0.3) is 0 Å². The molecule has 7 heteroatoms. The van der Waals surface area contributed by atoms with Gasteiger partial charge < -0.3 is 9.80 Å². The number of hydrogen-bond acceptors (Lipinski definition) is 4. The number of piperazine rings is 1. The average Bonchev–Trinajstić information content (AvgIpc) is 2.82. The van der Waals surface area contributed by atoms with Crippen LogP contribution < -0.4 is 4.90 Å². The molecule has 0 aromatic heterocycles. The third-order valence-corrected chi connectivity index (χ3v) is 9.32. The van der Waals surface area contributed by atoms with Crippen LogP contribution in [-0.4, -0.2) is 62.8 Å². The molecule has 2 aliphatic heterocycles. The van der Waals surface area contributed by atoms with Crippen LogP contribution in [-0.2, 0) is 14.8 Å². The highest BCUT2D eigenvalue weighted by atomic mass is 32.2. The number of rotatable bonds is 4. The fourth-order valence-corrected chi connectivity index (χ4v) is 6.43. The second kappa shape index (κ2) is 9.47. The lowest BCUT2D eigenvalue weighted by Gasteiger charge is -2.39. The van der Waals surface area contributed by atoms with E-state index in [0.717, 1.165) is 24.2 Å². The van der Waals surface area contributed by atoms with Crippen LogP contribution in [0, 0.1) is 33.6 Å². The van der Waals surface area contributed by atoms with Gasteiger partial charge in [0, 0.05) is 50.9 Å². The summed E-state index contributed by atoms with van der Waals surface area (Å²) in [7, 11) is -3.52. The highest BCUT2D eigenvalue weighted by Gasteiger charge is 2.34. The van der Waals surface area contributed by atoms with E-state index in [1.54, 1.807) is 16.4 Å². The van der Waals surface area contributed by atoms with Crippen LogP contribution in [0.3, 0.4) is 0 Å². The predicted molar refractivity (Wildman–Crippen MR) is 132 cm³/mol. The van der Waals surface area contributed by atoms with E-state index in [9.17, 15) is 13.2 Å². The first-order chi connectivity index (χ1) is 15.7. The van der Waals surface area contributed by atoms with Crippen molar-refractivity contribution in [3.05, 3.63) is 58.7 Å². The molecule has 6 nitrogen and oxygen atoms in total. The summed E-state index contributed by atoms with van der Waals surface area (Å²) in [5, 5.41) is 0. The Balaban J connectivity index is 1.33. The summed E-state index contributed by atoms with van der Waals surface area (Å²) in [6.45, 7) is 12.1. The number of carbonyl (C=O) groups is 1. The zero-order valence-electron chi connectivity index (χ0n) is 20.2. The lowest BCUT2D eigenvalue weighted by Crippen LogP contribution is -2.52. The first-order valence-corrected chi connectivity index (χ1v) is 13.3. The summed E-state index contributed by atoms with van der Waals surface area (Å²) in [6.07, 6.45) is 1.17. The Morgan fingerprint density at radius 2 is 1.48 bits per heavy atom. The van der Waals surface area contributed by atoms with E-state index >= 15 is 0 Å². The van der Waals surface area contributed by atoms with Gasteiger partial charge in [-0.2, -0.15) is 4.31 Å². The van der Waals surface area contributed by atoms with Gasteiger partial charge in [-0.1, -0.05) is 18.2 Å². The molecule has 178 valence electrons. The van der Waals surface area contributed by atoms with Gasteiger partial charge in [0.2, 0.25) is 15.9 Å². The summed E-state index contributed by atoms with van der Waals surface area (Å²) < 4.78 is 27.7. The van der Waals surface area contributed by atoms with Crippen LogP contribution in [0.5, 0.6) is 0 Å². The molecular formula is C26H35N3O3S. The molecule has 0 N–H and O–H groups in total. The van der Waals surface area contributed by atoms with Crippen molar-refractivity contribution in [2.75, 3.05) is 44.2 Å². The number of benzene rings is 2. The standard InChI is InChI=1S/C26H35N3O3S/c1-19-8-9-24(18-21(19)3)33(31,32)29-12-10-23(11-13-29)26(30)28-16-14-27(15-17-28)25-7-5-6-20(2)22(25)4/h5-9,18,23H,10-17H2,1-4H3. The van der Waals surface area contributed by atoms with Gasteiger partial charge in [-0.05, 0) is 81.0 Å². The molecule has 4 rings (SSSR count). The zero-order valence-corrected chi connectivity index (χ0v) is 21.0. The van der Waals surface area contributed by atoms with E-state index < -0.39 is 10.0 Å². The summed E-state index contributed by atoms with van der Waals surface area (Å²) in [5.41, 5.74) is 5.90. The lowest BCUT2D eigenvalue weighted by molar-refractivity contribution is -0.137. The van der Waals surface area contributed by atoms with E-state index in [2.05, 4.69) is 36.9 Å². The molecule has 0 saturated carbocycles. The third-order valence-electron chi connectivity index (χ3n) is 7.43. The van der Waals surface area contributed by atoms with Crippen molar-refractivity contribution >= 4 is 21.6 Å². The molecule has 2 aromatic carbocycles. The smallest absolute Gasteiger partial charge is 0.243 e. The molecule has 2 aliphatic rings. The molecule has 0 aliphatic carbocycles. The van der Waals surface area contributed by atoms with Gasteiger partial charge in [-0.25, -0.2) is 8.42 Å². The number of sulfonamides is 1. The van der Waals surface area contributed by atoms with Gasteiger partial charge in [0.1, 0.15) is 0 Å². The molecule has 2 aromatic rings. The highest BCUT2D eigenvalue weighted by Crippen LogP contribution is 2.28.